The minimum Gasteiger partial charge on any atom is -0.626 e. The second kappa shape index (κ2) is 12.2. The Balaban J connectivity index is 0.000000194. The fourth-order valence-electron chi connectivity index (χ4n) is 2.28. The molecule has 1 N–H and O–H groups in total. The molecule has 0 heterocycles. The normalized spacial score (nSPS) is 9.64. The molecule has 0 atom stereocenters. The Labute approximate surface area is 189 Å². The summed E-state index contributed by atoms with van der Waals surface area (Å²) in [5.41, 5.74) is 1.16. The van der Waals surface area contributed by atoms with E-state index in [0.29, 0.717) is 11.4 Å². The Morgan fingerprint density at radius 1 is 0.607 bits per heavy atom. The van der Waals surface area contributed by atoms with Crippen LogP contribution in [0.5, 0.6) is 11.5 Å². The Morgan fingerprint density at radius 2 is 1.11 bits per heavy atom. The van der Waals surface area contributed by atoms with E-state index in [1.807, 2.05) is 78.9 Å². The fraction of sp³-hybridized carbons (Fsp3) is 0. The maximum atomic E-state index is 11.8. The van der Waals surface area contributed by atoms with Crippen LogP contribution in [0.2, 0.25) is 0 Å². The van der Waals surface area contributed by atoms with Crippen molar-refractivity contribution in [3.8, 4) is 11.5 Å². The van der Waals surface area contributed by atoms with Crippen molar-refractivity contribution in [2.24, 2.45) is 0 Å². The number of benzene rings is 4. The van der Waals surface area contributed by atoms with Crippen LogP contribution in [-0.4, -0.2) is 0 Å². The van der Waals surface area contributed by atoms with E-state index in [-0.39, 0.29) is 36.2 Å². The molecule has 0 radical (unpaired) electrons. The van der Waals surface area contributed by atoms with Crippen LogP contribution < -0.4 is 9.80 Å². The first-order chi connectivity index (χ1) is 13.3. The van der Waals surface area contributed by atoms with Crippen molar-refractivity contribution in [3.05, 3.63) is 127 Å². The topological polar surface area (TPSA) is 36.7 Å². The molecule has 0 saturated heterocycles. The van der Waals surface area contributed by atoms with E-state index in [2.05, 4.69) is 18.2 Å². The van der Waals surface area contributed by atoms with Crippen LogP contribution >= 0.6 is 0 Å². The summed E-state index contributed by atoms with van der Waals surface area (Å²) in [7, 11) is 0. The van der Waals surface area contributed by atoms with Gasteiger partial charge in [-0.3, -0.25) is 0 Å². The summed E-state index contributed by atoms with van der Waals surface area (Å²) < 4.78 is 5.56. The number of ether oxygens (including phenoxy) is 1. The third-order valence-corrected chi connectivity index (χ3v) is 3.57. The van der Waals surface area contributed by atoms with Gasteiger partial charge in [-0.1, -0.05) is 18.2 Å². The van der Waals surface area contributed by atoms with Gasteiger partial charge in [0.25, 0.3) is 0 Å². The molecule has 0 saturated carbocycles. The Bertz CT molecular complexity index is 827. The Morgan fingerprint density at radius 3 is 1.61 bits per heavy atom. The first-order valence-corrected chi connectivity index (χ1v) is 8.50. The van der Waals surface area contributed by atoms with Crippen LogP contribution in [-0.2, 0) is 0 Å². The summed E-state index contributed by atoms with van der Waals surface area (Å²) >= 11 is 0. The quantitative estimate of drug-likeness (QED) is 0.271. The third kappa shape index (κ3) is 7.00. The summed E-state index contributed by atoms with van der Waals surface area (Å²) in [4.78, 5) is 0. The van der Waals surface area contributed by atoms with Gasteiger partial charge in [-0.25, -0.2) is 0 Å². The molecular weight excluding hydrogens is 572 g/mol. The van der Waals surface area contributed by atoms with Gasteiger partial charge < -0.3 is 15.0 Å². The summed E-state index contributed by atoms with van der Waals surface area (Å²) in [5, 5.41) is 11.7. The van der Waals surface area contributed by atoms with Crippen LogP contribution in [0.1, 0.15) is 0 Å². The first-order valence-electron chi connectivity index (χ1n) is 8.50. The smallest absolute Gasteiger partial charge is 0.626 e. The summed E-state index contributed by atoms with van der Waals surface area (Å²) in [6.07, 6.45) is 0. The molecule has 0 unspecified atom stereocenters. The van der Waals surface area contributed by atoms with Gasteiger partial charge in [0, 0.05) is 17.1 Å². The molecule has 4 aromatic carbocycles. The molecule has 4 rings (SSSR count). The number of quaternary nitrogens is 1. The largest absolute Gasteiger partial charge is 4.00 e. The van der Waals surface area contributed by atoms with Crippen molar-refractivity contribution >= 4 is 11.4 Å². The molecule has 3 nitrogen and oxygen atoms in total. The number of hydrogen-bond donors (Lipinski definition) is 1. The van der Waals surface area contributed by atoms with Crippen LogP contribution in [0, 0.1) is 54.5 Å². The van der Waals surface area contributed by atoms with Crippen molar-refractivity contribution in [1.82, 2.24) is 0 Å². The molecule has 0 aliphatic heterocycles. The van der Waals surface area contributed by atoms with Gasteiger partial charge in [-0.05, 0) is 12.1 Å². The van der Waals surface area contributed by atoms with Crippen molar-refractivity contribution in [2.45, 2.75) is 0 Å². The van der Waals surface area contributed by atoms with Crippen molar-refractivity contribution < 1.29 is 40.9 Å². The average Bonchev–Trinajstić information content (AvgIpc) is 2.76. The molecule has 4 heteroatoms. The van der Waals surface area contributed by atoms with Gasteiger partial charge in [0.2, 0.25) is 0 Å². The van der Waals surface area contributed by atoms with Crippen LogP contribution in [0.3, 0.4) is 0 Å². The molecule has 0 aliphatic carbocycles. The summed E-state index contributed by atoms with van der Waals surface area (Å²) in [6, 6.07) is 40.2. The fourth-order valence-corrected chi connectivity index (χ4v) is 2.28. The van der Waals surface area contributed by atoms with E-state index in [9.17, 15) is 5.21 Å². The minimum atomic E-state index is -0.0359. The van der Waals surface area contributed by atoms with Gasteiger partial charge in [-0.15, -0.1) is 36.4 Å². The van der Waals surface area contributed by atoms with Gasteiger partial charge >= 0.3 is 31.1 Å². The van der Waals surface area contributed by atoms with Crippen molar-refractivity contribution in [1.29, 1.82) is 0 Å². The van der Waals surface area contributed by atoms with Crippen LogP contribution in [0.15, 0.2) is 103 Å². The maximum absolute atomic E-state index is 11.8. The molecule has 134 valence electrons. The van der Waals surface area contributed by atoms with Crippen molar-refractivity contribution in [2.75, 3.05) is 0 Å². The van der Waals surface area contributed by atoms with E-state index in [1.54, 1.807) is 24.3 Å². The molecule has 28 heavy (non-hydrogen) atoms. The molecule has 4 aromatic rings. The van der Waals surface area contributed by atoms with E-state index < -0.39 is 0 Å². The molecule has 0 aromatic heterocycles. The van der Waals surface area contributed by atoms with Gasteiger partial charge in [0.15, 0.2) is 0 Å². The SMILES string of the molecule is [O-][NH+](c1[c-]cccc1)c1[c-]cccc1.[U+4].[c-]1ccc(Oc2ccccc2)cc1. The van der Waals surface area contributed by atoms with Crippen LogP contribution in [0.25, 0.3) is 0 Å². The van der Waals surface area contributed by atoms with Gasteiger partial charge in [0.05, 0.1) is 0 Å². The number of rotatable bonds is 4. The van der Waals surface area contributed by atoms with E-state index in [4.69, 9.17) is 4.74 Å². The standard InChI is InChI=1S/C12H9NO.C12H9O.U/c14-13(11-7-3-1-4-8-11)12-9-5-2-6-10-12;1-3-7-11(8-4-1)13-12-9-5-2-6-10-12;/h1-7,9,13H;1,3-10H;/q-2;-1;+4. The third-order valence-electron chi connectivity index (χ3n) is 3.57. The Kier molecular flexibility index (Phi) is 9.54. The van der Waals surface area contributed by atoms with Crippen LogP contribution in [0.4, 0.5) is 11.4 Å². The number of nitrogens with one attached hydrogen (secondary N) is 1. The monoisotopic (exact) mass is 590 g/mol. The molecule has 0 aliphatic rings. The average molecular weight is 590 g/mol. The van der Waals surface area contributed by atoms with Crippen molar-refractivity contribution in [3.63, 3.8) is 0 Å². The minimum absolute atomic E-state index is 0. The van der Waals surface area contributed by atoms with E-state index in [0.717, 1.165) is 11.5 Å². The van der Waals surface area contributed by atoms with E-state index >= 15 is 0 Å². The number of para-hydroxylation sites is 3. The zero-order chi connectivity index (χ0) is 18.7. The molecular formula is C24H18NO2U+. The maximum Gasteiger partial charge on any atom is 4.00 e. The second-order valence-corrected chi connectivity index (χ2v) is 5.53. The number of hydrogen-bond acceptors (Lipinski definition) is 2. The Hall–Kier alpha value is -2.35. The second-order valence-electron chi connectivity index (χ2n) is 5.53. The van der Waals surface area contributed by atoms with E-state index in [1.165, 1.54) is 0 Å². The predicted octanol–water partition coefficient (Wildman–Crippen LogP) is 4.91. The molecule has 0 bridgehead atoms. The summed E-state index contributed by atoms with van der Waals surface area (Å²) in [5.74, 6) is 1.69. The first kappa shape index (κ1) is 21.9. The van der Waals surface area contributed by atoms with Gasteiger partial charge in [0.1, 0.15) is 5.75 Å². The van der Waals surface area contributed by atoms with Gasteiger partial charge in [-0.2, -0.15) is 54.6 Å². The molecule has 0 amide bonds. The molecule has 0 fully saturated rings. The zero-order valence-electron chi connectivity index (χ0n) is 15.1. The molecule has 0 spiro atoms. The zero-order valence-corrected chi connectivity index (χ0v) is 19.3. The predicted molar refractivity (Wildman–Crippen MR) is 106 cm³/mol. The summed E-state index contributed by atoms with van der Waals surface area (Å²) in [6.45, 7) is 0.